The van der Waals surface area contributed by atoms with E-state index in [0.717, 1.165) is 31.9 Å². The van der Waals surface area contributed by atoms with Crippen molar-refractivity contribution in [1.82, 2.24) is 19.4 Å². The van der Waals surface area contributed by atoms with Crippen molar-refractivity contribution in [3.05, 3.63) is 48.3 Å². The first-order valence-corrected chi connectivity index (χ1v) is 8.05. The maximum absolute atomic E-state index is 12.7. The summed E-state index contributed by atoms with van der Waals surface area (Å²) >= 11 is 0. The predicted molar refractivity (Wildman–Crippen MR) is 85.8 cm³/mol. The Kier molecular flexibility index (Phi) is 5.02. The quantitative estimate of drug-likeness (QED) is 0.792. The Balaban J connectivity index is 1.77. The molecule has 0 unspecified atom stereocenters. The molecule has 0 aromatic carbocycles. The van der Waals surface area contributed by atoms with Gasteiger partial charge >= 0.3 is 0 Å². The van der Waals surface area contributed by atoms with Crippen molar-refractivity contribution in [2.75, 3.05) is 19.8 Å². The molecule has 0 aliphatic carbocycles. The predicted octanol–water partition coefficient (Wildman–Crippen LogP) is 1.98. The first-order valence-electron chi connectivity index (χ1n) is 8.05. The second-order valence-corrected chi connectivity index (χ2v) is 5.78. The summed E-state index contributed by atoms with van der Waals surface area (Å²) in [6.45, 7) is 5.69. The van der Waals surface area contributed by atoms with E-state index in [4.69, 9.17) is 4.74 Å². The van der Waals surface area contributed by atoms with E-state index in [9.17, 15) is 4.79 Å². The third-order valence-corrected chi connectivity index (χ3v) is 4.15. The van der Waals surface area contributed by atoms with Crippen molar-refractivity contribution in [2.45, 2.75) is 26.4 Å². The van der Waals surface area contributed by atoms with Gasteiger partial charge in [0.2, 0.25) is 0 Å². The molecular weight excluding hydrogens is 292 g/mol. The van der Waals surface area contributed by atoms with E-state index in [-0.39, 0.29) is 5.91 Å². The lowest BCUT2D eigenvalue weighted by Crippen LogP contribution is -2.34. The summed E-state index contributed by atoms with van der Waals surface area (Å²) in [5, 5.41) is 0. The number of fused-ring (bicyclic) bond motifs is 1. The van der Waals surface area contributed by atoms with Gasteiger partial charge in [-0.3, -0.25) is 9.78 Å². The highest BCUT2D eigenvalue weighted by molar-refractivity contribution is 5.91. The van der Waals surface area contributed by atoms with Crippen LogP contribution in [-0.4, -0.2) is 45.1 Å². The lowest BCUT2D eigenvalue weighted by Gasteiger charge is -2.23. The van der Waals surface area contributed by atoms with Gasteiger partial charge in [0.15, 0.2) is 0 Å². The van der Waals surface area contributed by atoms with Crippen LogP contribution in [0, 0.1) is 5.92 Å². The van der Waals surface area contributed by atoms with Crippen LogP contribution in [0.15, 0.2) is 36.9 Å². The largest absolute Gasteiger partial charge is 0.382 e. The fourth-order valence-electron chi connectivity index (χ4n) is 2.98. The van der Waals surface area contributed by atoms with E-state index in [2.05, 4.69) is 26.8 Å². The van der Waals surface area contributed by atoms with Crippen LogP contribution >= 0.6 is 0 Å². The van der Waals surface area contributed by atoms with Crippen LogP contribution in [0.1, 0.15) is 29.5 Å². The molecule has 122 valence electrons. The summed E-state index contributed by atoms with van der Waals surface area (Å²) in [5.41, 5.74) is 1.55. The second kappa shape index (κ2) is 7.37. The van der Waals surface area contributed by atoms with Crippen LogP contribution in [0.2, 0.25) is 0 Å². The highest BCUT2D eigenvalue weighted by Crippen LogP contribution is 2.20. The number of aromatic nitrogens is 3. The van der Waals surface area contributed by atoms with Crippen LogP contribution in [0.5, 0.6) is 0 Å². The van der Waals surface area contributed by atoms with E-state index in [1.807, 2.05) is 17.9 Å². The number of hydrogen-bond acceptors (Lipinski definition) is 4. The van der Waals surface area contributed by atoms with Crippen molar-refractivity contribution in [3.8, 4) is 0 Å². The Hall–Kier alpha value is -2.21. The Morgan fingerprint density at radius 1 is 1.39 bits per heavy atom. The number of nitrogens with zero attached hydrogens (tertiary/aromatic N) is 4. The summed E-state index contributed by atoms with van der Waals surface area (Å²) in [6, 6.07) is 4.10. The van der Waals surface area contributed by atoms with E-state index in [1.54, 1.807) is 12.4 Å². The molecular formula is C17H22N4O2. The standard InChI is InChI=1S/C17H22N4O2/c1-2-23-9-5-14-11-20-8-3-4-15(20)13-21(12-14)17(22)16-10-18-6-7-19-16/h3-4,6-8,10,14H,2,5,9,11-13H2,1H3/t14-/m1/s1. The zero-order valence-electron chi connectivity index (χ0n) is 13.4. The van der Waals surface area contributed by atoms with Gasteiger partial charge in [-0.05, 0) is 31.4 Å². The fourth-order valence-corrected chi connectivity index (χ4v) is 2.98. The molecule has 3 heterocycles. The summed E-state index contributed by atoms with van der Waals surface area (Å²) in [6.07, 6.45) is 7.69. The number of amides is 1. The van der Waals surface area contributed by atoms with Gasteiger partial charge in [0.25, 0.3) is 5.91 Å². The fraction of sp³-hybridized carbons (Fsp3) is 0.471. The number of carbonyl (C=O) groups excluding carboxylic acids is 1. The molecule has 1 atom stereocenters. The Bertz CT molecular complexity index is 641. The van der Waals surface area contributed by atoms with Gasteiger partial charge in [0, 0.05) is 50.6 Å². The van der Waals surface area contributed by atoms with Crippen LogP contribution in [-0.2, 0) is 17.8 Å². The summed E-state index contributed by atoms with van der Waals surface area (Å²) in [5.74, 6) is 0.310. The lowest BCUT2D eigenvalue weighted by molar-refractivity contribution is 0.0688. The average Bonchev–Trinajstić information content (AvgIpc) is 2.94. The normalized spacial score (nSPS) is 17.6. The molecule has 0 fully saturated rings. The Morgan fingerprint density at radius 2 is 2.30 bits per heavy atom. The molecule has 23 heavy (non-hydrogen) atoms. The van der Waals surface area contributed by atoms with Crippen molar-refractivity contribution < 1.29 is 9.53 Å². The SMILES string of the molecule is CCOCC[C@H]1CN(C(=O)c2cnccn2)Cc2cccn2C1. The smallest absolute Gasteiger partial charge is 0.274 e. The van der Waals surface area contributed by atoms with Crippen LogP contribution in [0.25, 0.3) is 0 Å². The minimum Gasteiger partial charge on any atom is -0.382 e. The molecule has 0 bridgehead atoms. The third kappa shape index (κ3) is 3.76. The van der Waals surface area contributed by atoms with Crippen molar-refractivity contribution in [1.29, 1.82) is 0 Å². The van der Waals surface area contributed by atoms with Gasteiger partial charge in [0.1, 0.15) is 5.69 Å². The van der Waals surface area contributed by atoms with E-state index in [0.29, 0.717) is 24.7 Å². The molecule has 2 aromatic heterocycles. The van der Waals surface area contributed by atoms with Gasteiger partial charge in [-0.2, -0.15) is 0 Å². The maximum atomic E-state index is 12.7. The number of carbonyl (C=O) groups is 1. The minimum atomic E-state index is -0.0610. The summed E-state index contributed by atoms with van der Waals surface area (Å²) < 4.78 is 7.73. The Morgan fingerprint density at radius 3 is 3.09 bits per heavy atom. The molecule has 1 aliphatic heterocycles. The molecule has 6 nitrogen and oxygen atoms in total. The number of hydrogen-bond donors (Lipinski definition) is 0. The average molecular weight is 314 g/mol. The van der Waals surface area contributed by atoms with Gasteiger partial charge in [0.05, 0.1) is 12.7 Å². The third-order valence-electron chi connectivity index (χ3n) is 4.15. The van der Waals surface area contributed by atoms with Gasteiger partial charge in [-0.25, -0.2) is 4.98 Å². The lowest BCUT2D eigenvalue weighted by atomic mass is 10.1. The number of rotatable bonds is 5. The molecule has 0 spiro atoms. The molecule has 1 aliphatic rings. The van der Waals surface area contributed by atoms with Crippen LogP contribution < -0.4 is 0 Å². The molecule has 2 aromatic rings. The topological polar surface area (TPSA) is 60.2 Å². The summed E-state index contributed by atoms with van der Waals surface area (Å²) in [7, 11) is 0. The molecule has 0 saturated heterocycles. The van der Waals surface area contributed by atoms with E-state index >= 15 is 0 Å². The highest BCUT2D eigenvalue weighted by Gasteiger charge is 2.26. The van der Waals surface area contributed by atoms with Gasteiger partial charge in [-0.1, -0.05) is 0 Å². The molecule has 0 radical (unpaired) electrons. The van der Waals surface area contributed by atoms with Crippen molar-refractivity contribution in [3.63, 3.8) is 0 Å². The van der Waals surface area contributed by atoms with Gasteiger partial charge < -0.3 is 14.2 Å². The molecule has 1 amide bonds. The molecule has 0 N–H and O–H groups in total. The van der Waals surface area contributed by atoms with Crippen molar-refractivity contribution in [2.24, 2.45) is 5.92 Å². The summed E-state index contributed by atoms with van der Waals surface area (Å²) in [4.78, 5) is 22.8. The van der Waals surface area contributed by atoms with E-state index < -0.39 is 0 Å². The zero-order valence-corrected chi connectivity index (χ0v) is 13.4. The highest BCUT2D eigenvalue weighted by atomic mass is 16.5. The van der Waals surface area contributed by atoms with Gasteiger partial charge in [-0.15, -0.1) is 0 Å². The molecule has 0 saturated carbocycles. The van der Waals surface area contributed by atoms with Crippen LogP contribution in [0.3, 0.4) is 0 Å². The monoisotopic (exact) mass is 314 g/mol. The zero-order chi connectivity index (χ0) is 16.1. The first-order chi connectivity index (χ1) is 11.3. The molecule has 6 heteroatoms. The maximum Gasteiger partial charge on any atom is 0.274 e. The Labute approximate surface area is 136 Å². The first kappa shape index (κ1) is 15.7. The minimum absolute atomic E-state index is 0.0610. The molecule has 3 rings (SSSR count). The van der Waals surface area contributed by atoms with E-state index in [1.165, 1.54) is 6.20 Å². The van der Waals surface area contributed by atoms with Crippen molar-refractivity contribution >= 4 is 5.91 Å². The second-order valence-electron chi connectivity index (χ2n) is 5.78. The van der Waals surface area contributed by atoms with Crippen LogP contribution in [0.4, 0.5) is 0 Å². The number of ether oxygens (including phenoxy) is 1.